The number of nitrogens with one attached hydrogen (secondary N) is 2. The maximum atomic E-state index is 3.57. The molecule has 1 aliphatic heterocycles. The van der Waals surface area contributed by atoms with Crippen LogP contribution in [0.4, 0.5) is 0 Å². The van der Waals surface area contributed by atoms with Crippen LogP contribution in [0.1, 0.15) is 27.2 Å². The van der Waals surface area contributed by atoms with Crippen molar-refractivity contribution in [3.63, 3.8) is 0 Å². The number of likely N-dealkylation sites (tertiary alicyclic amines) is 1. The van der Waals surface area contributed by atoms with E-state index >= 15 is 0 Å². The summed E-state index contributed by atoms with van der Waals surface area (Å²) in [5.74, 6) is 0.851. The van der Waals surface area contributed by atoms with Gasteiger partial charge >= 0.3 is 0 Å². The van der Waals surface area contributed by atoms with E-state index in [1.165, 1.54) is 19.5 Å². The van der Waals surface area contributed by atoms with Gasteiger partial charge in [0.15, 0.2) is 0 Å². The average Bonchev–Trinajstić information content (AvgIpc) is 2.65. The summed E-state index contributed by atoms with van der Waals surface area (Å²) in [6.45, 7) is 13.9. The molecule has 1 atom stereocenters. The van der Waals surface area contributed by atoms with Crippen LogP contribution in [0.5, 0.6) is 0 Å². The molecular weight excluding hydrogens is 198 g/mol. The van der Waals surface area contributed by atoms with Gasteiger partial charge in [0, 0.05) is 26.2 Å². The van der Waals surface area contributed by atoms with Crippen molar-refractivity contribution >= 4 is 0 Å². The minimum atomic E-state index is 0.428. The van der Waals surface area contributed by atoms with Gasteiger partial charge < -0.3 is 15.5 Å². The number of nitrogens with zero attached hydrogens (tertiary/aromatic N) is 1. The molecule has 0 aromatic rings. The maximum absolute atomic E-state index is 3.57. The Hall–Kier alpha value is -0.120. The van der Waals surface area contributed by atoms with E-state index in [0.717, 1.165) is 32.1 Å². The molecule has 96 valence electrons. The van der Waals surface area contributed by atoms with E-state index in [9.17, 15) is 0 Å². The zero-order valence-electron chi connectivity index (χ0n) is 11.5. The molecular formula is C13H29N3. The third-order valence-corrected chi connectivity index (χ3v) is 3.81. The normalized spacial score (nSPS) is 22.9. The molecule has 0 bridgehead atoms. The van der Waals surface area contributed by atoms with Crippen LogP contribution in [0, 0.1) is 11.3 Å². The Morgan fingerprint density at radius 2 is 1.94 bits per heavy atom. The van der Waals surface area contributed by atoms with E-state index in [1.807, 2.05) is 0 Å². The first kappa shape index (κ1) is 13.9. The van der Waals surface area contributed by atoms with Gasteiger partial charge in [-0.25, -0.2) is 0 Å². The fourth-order valence-electron chi connectivity index (χ4n) is 2.48. The lowest BCUT2D eigenvalue weighted by molar-refractivity contribution is 0.207. The fraction of sp³-hybridized carbons (Fsp3) is 1.00. The third-order valence-electron chi connectivity index (χ3n) is 3.81. The van der Waals surface area contributed by atoms with E-state index in [4.69, 9.17) is 0 Å². The van der Waals surface area contributed by atoms with Crippen molar-refractivity contribution in [1.82, 2.24) is 15.5 Å². The number of rotatable bonds is 7. The first-order valence-electron chi connectivity index (χ1n) is 6.66. The Morgan fingerprint density at radius 1 is 1.25 bits per heavy atom. The highest BCUT2D eigenvalue weighted by atomic mass is 15.1. The van der Waals surface area contributed by atoms with Gasteiger partial charge in [-0.2, -0.15) is 0 Å². The van der Waals surface area contributed by atoms with Gasteiger partial charge in [-0.1, -0.05) is 20.8 Å². The van der Waals surface area contributed by atoms with Gasteiger partial charge in [-0.3, -0.25) is 0 Å². The Bertz CT molecular complexity index is 192. The molecule has 2 N–H and O–H groups in total. The van der Waals surface area contributed by atoms with Crippen molar-refractivity contribution in [2.75, 3.05) is 46.3 Å². The number of hydrogen-bond acceptors (Lipinski definition) is 3. The minimum absolute atomic E-state index is 0.428. The molecule has 0 aliphatic carbocycles. The first-order chi connectivity index (χ1) is 7.56. The predicted molar refractivity (Wildman–Crippen MR) is 70.8 cm³/mol. The monoisotopic (exact) mass is 227 g/mol. The van der Waals surface area contributed by atoms with Crippen LogP contribution in [-0.4, -0.2) is 51.2 Å². The minimum Gasteiger partial charge on any atom is -0.316 e. The van der Waals surface area contributed by atoms with Crippen molar-refractivity contribution in [1.29, 1.82) is 0 Å². The van der Waals surface area contributed by atoms with Crippen LogP contribution in [0.25, 0.3) is 0 Å². The van der Waals surface area contributed by atoms with Crippen LogP contribution in [0.15, 0.2) is 0 Å². The Morgan fingerprint density at radius 3 is 2.50 bits per heavy atom. The molecule has 0 spiro atoms. The van der Waals surface area contributed by atoms with Crippen LogP contribution < -0.4 is 10.6 Å². The molecule has 1 heterocycles. The summed E-state index contributed by atoms with van der Waals surface area (Å²) in [6, 6.07) is 0. The Labute approximate surface area is 101 Å². The molecule has 1 rings (SSSR count). The van der Waals surface area contributed by atoms with Gasteiger partial charge in [-0.05, 0) is 37.9 Å². The first-order valence-corrected chi connectivity index (χ1v) is 6.66. The topological polar surface area (TPSA) is 27.3 Å². The van der Waals surface area contributed by atoms with Crippen molar-refractivity contribution in [2.24, 2.45) is 11.3 Å². The molecule has 0 saturated carbocycles. The molecule has 0 aromatic heterocycles. The number of hydrogen-bond donors (Lipinski definition) is 2. The van der Waals surface area contributed by atoms with Gasteiger partial charge in [0.2, 0.25) is 0 Å². The zero-order valence-corrected chi connectivity index (χ0v) is 11.5. The fourth-order valence-corrected chi connectivity index (χ4v) is 2.48. The molecule has 16 heavy (non-hydrogen) atoms. The third kappa shape index (κ3) is 4.40. The maximum Gasteiger partial charge on any atom is 0.00769 e. The average molecular weight is 227 g/mol. The summed E-state index contributed by atoms with van der Waals surface area (Å²) in [6.07, 6.45) is 1.36. The summed E-state index contributed by atoms with van der Waals surface area (Å²) in [7, 11) is 2.23. The van der Waals surface area contributed by atoms with Crippen LogP contribution in [0.3, 0.4) is 0 Å². The van der Waals surface area contributed by atoms with Gasteiger partial charge in [-0.15, -0.1) is 0 Å². The molecule has 1 aliphatic rings. The van der Waals surface area contributed by atoms with E-state index in [2.05, 4.69) is 43.4 Å². The molecule has 0 amide bonds. The van der Waals surface area contributed by atoms with Crippen LogP contribution >= 0.6 is 0 Å². The molecule has 1 saturated heterocycles. The molecule has 3 heteroatoms. The van der Waals surface area contributed by atoms with Crippen LogP contribution in [-0.2, 0) is 0 Å². The Kier molecular flexibility index (Phi) is 5.73. The predicted octanol–water partition coefficient (Wildman–Crippen LogP) is 1.16. The van der Waals surface area contributed by atoms with Crippen molar-refractivity contribution in [3.8, 4) is 0 Å². The highest BCUT2D eigenvalue weighted by Gasteiger charge is 2.33. The molecule has 3 nitrogen and oxygen atoms in total. The molecule has 0 aromatic carbocycles. The SMILES string of the molecule is CCNCCNCC(C)(C)C1CCN(C)C1. The van der Waals surface area contributed by atoms with Crippen molar-refractivity contribution in [2.45, 2.75) is 27.2 Å². The summed E-state index contributed by atoms with van der Waals surface area (Å²) in [5, 5.41) is 6.91. The second kappa shape index (κ2) is 6.58. The van der Waals surface area contributed by atoms with Crippen molar-refractivity contribution in [3.05, 3.63) is 0 Å². The van der Waals surface area contributed by atoms with Crippen molar-refractivity contribution < 1.29 is 0 Å². The van der Waals surface area contributed by atoms with Gasteiger partial charge in [0.05, 0.1) is 0 Å². The Balaban J connectivity index is 2.18. The second-order valence-electron chi connectivity index (χ2n) is 5.77. The standard InChI is InChI=1S/C13H29N3/c1-5-14-7-8-15-11-13(2,3)12-6-9-16(4)10-12/h12,14-15H,5-11H2,1-4H3. The zero-order chi connectivity index (χ0) is 12.0. The largest absolute Gasteiger partial charge is 0.316 e. The summed E-state index contributed by atoms with van der Waals surface area (Å²) >= 11 is 0. The quantitative estimate of drug-likeness (QED) is 0.639. The second-order valence-corrected chi connectivity index (χ2v) is 5.77. The number of likely N-dealkylation sites (N-methyl/N-ethyl adjacent to an activating group) is 1. The van der Waals surface area contributed by atoms with E-state index in [0.29, 0.717) is 5.41 Å². The molecule has 1 unspecified atom stereocenters. The highest BCUT2D eigenvalue weighted by Crippen LogP contribution is 2.32. The van der Waals surface area contributed by atoms with E-state index in [1.54, 1.807) is 0 Å². The lowest BCUT2D eigenvalue weighted by Crippen LogP contribution is -2.39. The summed E-state index contributed by atoms with van der Waals surface area (Å²) in [5.41, 5.74) is 0.428. The van der Waals surface area contributed by atoms with Crippen LogP contribution in [0.2, 0.25) is 0 Å². The summed E-state index contributed by atoms with van der Waals surface area (Å²) in [4.78, 5) is 2.45. The van der Waals surface area contributed by atoms with E-state index in [-0.39, 0.29) is 0 Å². The van der Waals surface area contributed by atoms with Gasteiger partial charge in [0.25, 0.3) is 0 Å². The molecule has 1 fully saturated rings. The van der Waals surface area contributed by atoms with Gasteiger partial charge in [0.1, 0.15) is 0 Å². The lowest BCUT2D eigenvalue weighted by Gasteiger charge is -2.32. The lowest BCUT2D eigenvalue weighted by atomic mass is 9.78. The summed E-state index contributed by atoms with van der Waals surface area (Å²) < 4.78 is 0. The van der Waals surface area contributed by atoms with E-state index < -0.39 is 0 Å². The highest BCUT2D eigenvalue weighted by molar-refractivity contribution is 4.86. The molecule has 0 radical (unpaired) electrons. The smallest absolute Gasteiger partial charge is 0.00769 e.